The van der Waals surface area contributed by atoms with Crippen molar-refractivity contribution in [3.05, 3.63) is 0 Å². The summed E-state index contributed by atoms with van der Waals surface area (Å²) in [4.78, 5) is 23.9. The molecule has 4 heteroatoms. The number of carbonyl (C=O) groups is 2. The summed E-state index contributed by atoms with van der Waals surface area (Å²) < 4.78 is 4.72. The fourth-order valence-corrected chi connectivity index (χ4v) is 3.00. The molecule has 2 fully saturated rings. The molecule has 0 aromatic carbocycles. The van der Waals surface area contributed by atoms with Crippen LogP contribution in [-0.4, -0.2) is 30.1 Å². The van der Waals surface area contributed by atoms with Gasteiger partial charge in [-0.1, -0.05) is 6.92 Å². The molecular formula is C11H16O4. The maximum absolute atomic E-state index is 12.2. The predicted molar refractivity (Wildman–Crippen MR) is 52.0 cm³/mol. The lowest BCUT2D eigenvalue weighted by atomic mass is 9.67. The van der Waals surface area contributed by atoms with Crippen LogP contribution in [0.4, 0.5) is 0 Å². The summed E-state index contributed by atoms with van der Waals surface area (Å²) >= 11 is 0. The van der Waals surface area contributed by atoms with Crippen LogP contribution in [0.25, 0.3) is 0 Å². The number of rotatable bonds is 1. The molecule has 0 saturated heterocycles. The Bertz CT molecular complexity index is 321. The largest absolute Gasteiger partial charge is 0.468 e. The van der Waals surface area contributed by atoms with Gasteiger partial charge < -0.3 is 9.84 Å². The third-order valence-electron chi connectivity index (χ3n) is 4.18. The molecule has 2 aliphatic carbocycles. The van der Waals surface area contributed by atoms with Crippen LogP contribution in [0.2, 0.25) is 0 Å². The number of esters is 1. The third kappa shape index (κ3) is 1.11. The quantitative estimate of drug-likeness (QED) is 0.512. The van der Waals surface area contributed by atoms with Crippen LogP contribution in [0, 0.1) is 10.8 Å². The van der Waals surface area contributed by atoms with Crippen molar-refractivity contribution >= 4 is 11.8 Å². The summed E-state index contributed by atoms with van der Waals surface area (Å²) in [6.07, 6.45) is 1.44. The van der Waals surface area contributed by atoms with Gasteiger partial charge in [0.05, 0.1) is 18.6 Å². The number of ether oxygens (including phenoxy) is 1. The summed E-state index contributed by atoms with van der Waals surface area (Å²) in [6, 6.07) is 0. The van der Waals surface area contributed by atoms with E-state index in [9.17, 15) is 14.7 Å². The molecule has 0 aromatic heterocycles. The molecule has 0 aliphatic heterocycles. The number of hydrogen-bond acceptors (Lipinski definition) is 4. The number of Topliss-reactive ketones (excluding diaryl/α,β-unsaturated/α-hetero) is 1. The van der Waals surface area contributed by atoms with Gasteiger partial charge in [0.25, 0.3) is 0 Å². The highest BCUT2D eigenvalue weighted by atomic mass is 16.5. The Morgan fingerprint density at radius 3 is 2.73 bits per heavy atom. The van der Waals surface area contributed by atoms with E-state index >= 15 is 0 Å². The fourth-order valence-electron chi connectivity index (χ4n) is 3.00. The summed E-state index contributed by atoms with van der Waals surface area (Å²) in [6.45, 7) is 1.75. The monoisotopic (exact) mass is 212 g/mol. The Labute approximate surface area is 88.6 Å². The Balaban J connectivity index is 2.40. The Morgan fingerprint density at radius 2 is 2.13 bits per heavy atom. The summed E-state index contributed by atoms with van der Waals surface area (Å²) in [7, 11) is 1.31. The van der Waals surface area contributed by atoms with Gasteiger partial charge >= 0.3 is 5.97 Å². The molecule has 3 atom stereocenters. The molecule has 84 valence electrons. The Kier molecular flexibility index (Phi) is 2.15. The lowest BCUT2D eigenvalue weighted by Crippen LogP contribution is -2.50. The predicted octanol–water partition coefficient (Wildman–Crippen LogP) is 0.670. The highest BCUT2D eigenvalue weighted by Gasteiger charge is 2.64. The zero-order chi connectivity index (χ0) is 11.3. The molecule has 0 amide bonds. The highest BCUT2D eigenvalue weighted by Crippen LogP contribution is 2.55. The zero-order valence-electron chi connectivity index (χ0n) is 9.08. The molecule has 15 heavy (non-hydrogen) atoms. The van der Waals surface area contributed by atoms with E-state index in [0.29, 0.717) is 25.7 Å². The topological polar surface area (TPSA) is 63.6 Å². The van der Waals surface area contributed by atoms with Crippen molar-refractivity contribution in [3.63, 3.8) is 0 Å². The van der Waals surface area contributed by atoms with Crippen molar-refractivity contribution in [3.8, 4) is 0 Å². The van der Waals surface area contributed by atoms with Crippen LogP contribution in [0.5, 0.6) is 0 Å². The molecular weight excluding hydrogens is 196 g/mol. The molecule has 0 radical (unpaired) electrons. The van der Waals surface area contributed by atoms with Crippen LogP contribution in [0.1, 0.15) is 32.6 Å². The average Bonchev–Trinajstić information content (AvgIpc) is 2.41. The first-order chi connectivity index (χ1) is 6.97. The van der Waals surface area contributed by atoms with Gasteiger partial charge in [0.15, 0.2) is 5.78 Å². The standard InChI is InChI=1S/C11H16O4/c1-10-5-6-11(8(10)13,9(14)15-2)4-3-7(10)12/h7,12H,3-6H2,1-2H3/t7-,10-,11+/m0/s1. The molecule has 2 bridgehead atoms. The first-order valence-electron chi connectivity index (χ1n) is 5.29. The van der Waals surface area contributed by atoms with Crippen LogP contribution >= 0.6 is 0 Å². The summed E-state index contributed by atoms with van der Waals surface area (Å²) in [5.41, 5.74) is -1.69. The number of methoxy groups -OCH3 is 1. The van der Waals surface area contributed by atoms with Crippen molar-refractivity contribution in [2.75, 3.05) is 7.11 Å². The second-order valence-electron chi connectivity index (χ2n) is 4.87. The van der Waals surface area contributed by atoms with E-state index in [0.717, 1.165) is 0 Å². The number of carbonyl (C=O) groups excluding carboxylic acids is 2. The van der Waals surface area contributed by atoms with E-state index in [1.807, 2.05) is 0 Å². The Morgan fingerprint density at radius 1 is 1.47 bits per heavy atom. The summed E-state index contributed by atoms with van der Waals surface area (Å²) in [5.74, 6) is -0.552. The number of fused-ring (bicyclic) bond motifs is 2. The molecule has 1 N–H and O–H groups in total. The lowest BCUT2D eigenvalue weighted by Gasteiger charge is -2.37. The Hall–Kier alpha value is -0.900. The fraction of sp³-hybridized carbons (Fsp3) is 0.818. The van der Waals surface area contributed by atoms with Gasteiger partial charge in [-0.25, -0.2) is 0 Å². The van der Waals surface area contributed by atoms with E-state index in [-0.39, 0.29) is 5.78 Å². The van der Waals surface area contributed by atoms with Crippen LogP contribution in [-0.2, 0) is 14.3 Å². The SMILES string of the molecule is COC(=O)[C@]12CC[C@H](O)[C@](C)(CC1)C2=O. The van der Waals surface area contributed by atoms with Gasteiger partial charge in [-0.2, -0.15) is 0 Å². The van der Waals surface area contributed by atoms with Crippen molar-refractivity contribution in [1.82, 2.24) is 0 Å². The highest BCUT2D eigenvalue weighted by molar-refractivity contribution is 6.08. The molecule has 4 nitrogen and oxygen atoms in total. The normalized spacial score (nSPS) is 44.2. The maximum atomic E-state index is 12.2. The van der Waals surface area contributed by atoms with E-state index < -0.39 is 22.9 Å². The van der Waals surface area contributed by atoms with Gasteiger partial charge in [-0.3, -0.25) is 9.59 Å². The lowest BCUT2D eigenvalue weighted by molar-refractivity contribution is -0.164. The average molecular weight is 212 g/mol. The molecule has 0 spiro atoms. The minimum atomic E-state index is -0.956. The number of ketones is 1. The van der Waals surface area contributed by atoms with E-state index in [1.165, 1.54) is 7.11 Å². The van der Waals surface area contributed by atoms with E-state index in [2.05, 4.69) is 0 Å². The zero-order valence-corrected chi connectivity index (χ0v) is 9.08. The third-order valence-corrected chi connectivity index (χ3v) is 4.18. The minimum Gasteiger partial charge on any atom is -0.468 e. The van der Waals surface area contributed by atoms with Gasteiger partial charge in [-0.05, 0) is 25.7 Å². The molecule has 0 heterocycles. The van der Waals surface area contributed by atoms with Gasteiger partial charge in [0.2, 0.25) is 0 Å². The smallest absolute Gasteiger partial charge is 0.319 e. The van der Waals surface area contributed by atoms with Crippen LogP contribution < -0.4 is 0 Å². The second-order valence-corrected chi connectivity index (χ2v) is 4.87. The number of aliphatic hydroxyl groups is 1. The molecule has 0 unspecified atom stereocenters. The van der Waals surface area contributed by atoms with Crippen molar-refractivity contribution < 1.29 is 19.4 Å². The first-order valence-corrected chi connectivity index (χ1v) is 5.29. The molecule has 2 saturated carbocycles. The van der Waals surface area contributed by atoms with Crippen LogP contribution in [0.15, 0.2) is 0 Å². The van der Waals surface area contributed by atoms with Crippen molar-refractivity contribution in [2.24, 2.45) is 10.8 Å². The van der Waals surface area contributed by atoms with Crippen LogP contribution in [0.3, 0.4) is 0 Å². The van der Waals surface area contributed by atoms with Crippen molar-refractivity contribution in [1.29, 1.82) is 0 Å². The van der Waals surface area contributed by atoms with Crippen molar-refractivity contribution in [2.45, 2.75) is 38.7 Å². The molecule has 2 rings (SSSR count). The van der Waals surface area contributed by atoms with E-state index in [1.54, 1.807) is 6.92 Å². The van der Waals surface area contributed by atoms with E-state index in [4.69, 9.17) is 4.74 Å². The van der Waals surface area contributed by atoms with Gasteiger partial charge in [0.1, 0.15) is 5.41 Å². The second kappa shape index (κ2) is 3.04. The first kappa shape index (κ1) is 10.6. The number of hydrogen-bond donors (Lipinski definition) is 1. The minimum absolute atomic E-state index is 0.124. The molecule has 0 aromatic rings. The van der Waals surface area contributed by atoms with Gasteiger partial charge in [-0.15, -0.1) is 0 Å². The van der Waals surface area contributed by atoms with Gasteiger partial charge in [0, 0.05) is 0 Å². The molecule has 2 aliphatic rings. The number of aliphatic hydroxyl groups excluding tert-OH is 1. The maximum Gasteiger partial charge on any atom is 0.319 e. The summed E-state index contributed by atoms with van der Waals surface area (Å²) in [5, 5.41) is 9.82.